The van der Waals surface area contributed by atoms with Gasteiger partial charge in [0.2, 0.25) is 0 Å². The molecule has 1 aromatic carbocycles. The van der Waals surface area contributed by atoms with E-state index in [1.54, 1.807) is 12.1 Å². The number of benzene rings is 1. The highest BCUT2D eigenvalue weighted by Crippen LogP contribution is 2.11. The molecular formula is C20H26ClIN4O2. The summed E-state index contributed by atoms with van der Waals surface area (Å²) in [5.41, 5.74) is 1.22. The van der Waals surface area contributed by atoms with Gasteiger partial charge in [-0.05, 0) is 43.2 Å². The third-order valence-corrected chi connectivity index (χ3v) is 4.76. The van der Waals surface area contributed by atoms with Crippen LogP contribution in [0.3, 0.4) is 0 Å². The van der Waals surface area contributed by atoms with Crippen LogP contribution < -0.4 is 5.32 Å². The van der Waals surface area contributed by atoms with E-state index in [2.05, 4.69) is 17.1 Å². The van der Waals surface area contributed by atoms with Crippen LogP contribution in [0, 0.1) is 0 Å². The molecule has 1 N–H and O–H groups in total. The SMILES string of the molecule is CCNC(=NCCc1ccc(Cl)cc1)N1CCN(C(=O)c2ccco2)CC1.I. The second-order valence-electron chi connectivity index (χ2n) is 6.37. The van der Waals surface area contributed by atoms with Gasteiger partial charge in [-0.2, -0.15) is 0 Å². The number of hydrogen-bond acceptors (Lipinski definition) is 3. The molecule has 0 unspecified atom stereocenters. The minimum atomic E-state index is -0.0515. The van der Waals surface area contributed by atoms with Crippen LogP contribution >= 0.6 is 35.6 Å². The number of aliphatic imine (C=N–C) groups is 1. The summed E-state index contributed by atoms with van der Waals surface area (Å²) < 4.78 is 5.21. The van der Waals surface area contributed by atoms with Crippen LogP contribution in [-0.4, -0.2) is 60.9 Å². The Morgan fingerprint density at radius 3 is 2.43 bits per heavy atom. The molecule has 6 nitrogen and oxygen atoms in total. The summed E-state index contributed by atoms with van der Waals surface area (Å²) in [6.07, 6.45) is 2.39. The fourth-order valence-electron chi connectivity index (χ4n) is 3.05. The minimum Gasteiger partial charge on any atom is -0.459 e. The van der Waals surface area contributed by atoms with E-state index in [-0.39, 0.29) is 29.9 Å². The quantitative estimate of drug-likeness (QED) is 0.375. The maximum absolute atomic E-state index is 12.4. The molecule has 0 bridgehead atoms. The number of nitrogens with one attached hydrogen (secondary N) is 1. The lowest BCUT2D eigenvalue weighted by atomic mass is 10.1. The van der Waals surface area contributed by atoms with E-state index in [0.717, 1.165) is 37.0 Å². The molecule has 1 saturated heterocycles. The van der Waals surface area contributed by atoms with Gasteiger partial charge in [0.25, 0.3) is 5.91 Å². The molecule has 0 spiro atoms. The normalized spacial score (nSPS) is 14.6. The van der Waals surface area contributed by atoms with Gasteiger partial charge in [0.1, 0.15) is 0 Å². The van der Waals surface area contributed by atoms with Gasteiger partial charge in [-0.3, -0.25) is 9.79 Å². The molecule has 2 heterocycles. The summed E-state index contributed by atoms with van der Waals surface area (Å²) in [7, 11) is 0. The fraction of sp³-hybridized carbons (Fsp3) is 0.400. The van der Waals surface area contributed by atoms with Gasteiger partial charge >= 0.3 is 0 Å². The second-order valence-corrected chi connectivity index (χ2v) is 6.81. The van der Waals surface area contributed by atoms with Gasteiger partial charge in [-0.25, -0.2) is 0 Å². The van der Waals surface area contributed by atoms with Crippen molar-refractivity contribution in [1.29, 1.82) is 0 Å². The van der Waals surface area contributed by atoms with Crippen molar-refractivity contribution < 1.29 is 9.21 Å². The number of nitrogens with zero attached hydrogens (tertiary/aromatic N) is 3. The highest BCUT2D eigenvalue weighted by molar-refractivity contribution is 14.0. The Hall–Kier alpha value is -1.74. The zero-order chi connectivity index (χ0) is 19.1. The lowest BCUT2D eigenvalue weighted by Gasteiger charge is -2.36. The maximum atomic E-state index is 12.4. The molecule has 3 rings (SSSR count). The first kappa shape index (κ1) is 22.5. The van der Waals surface area contributed by atoms with E-state index < -0.39 is 0 Å². The summed E-state index contributed by atoms with van der Waals surface area (Å²) in [5, 5.41) is 4.10. The Kier molecular flexibility index (Phi) is 9.11. The summed E-state index contributed by atoms with van der Waals surface area (Å²) in [6.45, 7) is 6.38. The molecule has 1 aromatic heterocycles. The molecule has 0 saturated carbocycles. The topological polar surface area (TPSA) is 61.1 Å². The Morgan fingerprint density at radius 2 is 1.82 bits per heavy atom. The molecule has 0 atom stereocenters. The molecule has 152 valence electrons. The van der Waals surface area contributed by atoms with E-state index in [4.69, 9.17) is 21.0 Å². The van der Waals surface area contributed by atoms with Crippen LogP contribution in [-0.2, 0) is 6.42 Å². The smallest absolute Gasteiger partial charge is 0.289 e. The van der Waals surface area contributed by atoms with E-state index in [0.29, 0.717) is 25.4 Å². The largest absolute Gasteiger partial charge is 0.459 e. The van der Waals surface area contributed by atoms with Gasteiger partial charge in [0.05, 0.1) is 6.26 Å². The average Bonchev–Trinajstić information content (AvgIpc) is 3.23. The molecule has 2 aromatic rings. The zero-order valence-electron chi connectivity index (χ0n) is 15.9. The summed E-state index contributed by atoms with van der Waals surface area (Å²) in [4.78, 5) is 21.2. The van der Waals surface area contributed by atoms with Crippen LogP contribution in [0.4, 0.5) is 0 Å². The van der Waals surface area contributed by atoms with E-state index in [1.807, 2.05) is 29.2 Å². The van der Waals surface area contributed by atoms with Crippen LogP contribution in [0.25, 0.3) is 0 Å². The molecule has 1 aliphatic heterocycles. The van der Waals surface area contributed by atoms with Crippen molar-refractivity contribution >= 4 is 47.4 Å². The third-order valence-electron chi connectivity index (χ3n) is 4.51. The van der Waals surface area contributed by atoms with Crippen molar-refractivity contribution in [2.24, 2.45) is 4.99 Å². The zero-order valence-corrected chi connectivity index (χ0v) is 19.0. The van der Waals surface area contributed by atoms with Crippen molar-refractivity contribution in [3.63, 3.8) is 0 Å². The number of guanidine groups is 1. The first-order chi connectivity index (χ1) is 13.2. The van der Waals surface area contributed by atoms with Crippen molar-refractivity contribution in [1.82, 2.24) is 15.1 Å². The molecule has 8 heteroatoms. The second kappa shape index (κ2) is 11.3. The fourth-order valence-corrected chi connectivity index (χ4v) is 3.17. The number of piperazine rings is 1. The lowest BCUT2D eigenvalue weighted by molar-refractivity contribution is 0.0657. The number of halogens is 2. The number of rotatable bonds is 5. The van der Waals surface area contributed by atoms with Crippen molar-refractivity contribution in [3.05, 3.63) is 59.0 Å². The summed E-state index contributed by atoms with van der Waals surface area (Å²) in [5.74, 6) is 1.24. The molecule has 1 amide bonds. The molecule has 1 aliphatic rings. The van der Waals surface area contributed by atoms with E-state index in [9.17, 15) is 4.79 Å². The van der Waals surface area contributed by atoms with Crippen molar-refractivity contribution in [2.45, 2.75) is 13.3 Å². The van der Waals surface area contributed by atoms with Gasteiger partial charge in [-0.15, -0.1) is 24.0 Å². The van der Waals surface area contributed by atoms with Crippen LogP contribution in [0.1, 0.15) is 23.0 Å². The Bertz CT molecular complexity index is 757. The molecular weight excluding hydrogens is 491 g/mol. The molecule has 1 fully saturated rings. The Labute approximate surface area is 187 Å². The molecule has 28 heavy (non-hydrogen) atoms. The minimum absolute atomic E-state index is 0. The van der Waals surface area contributed by atoms with E-state index in [1.165, 1.54) is 11.8 Å². The highest BCUT2D eigenvalue weighted by Gasteiger charge is 2.25. The molecule has 0 aliphatic carbocycles. The maximum Gasteiger partial charge on any atom is 0.289 e. The Balaban J connectivity index is 0.00000280. The Morgan fingerprint density at radius 1 is 1.14 bits per heavy atom. The van der Waals surface area contributed by atoms with Crippen LogP contribution in [0.2, 0.25) is 5.02 Å². The number of furan rings is 1. The lowest BCUT2D eigenvalue weighted by Crippen LogP contribution is -2.53. The monoisotopic (exact) mass is 516 g/mol. The first-order valence-electron chi connectivity index (χ1n) is 9.28. The van der Waals surface area contributed by atoms with Gasteiger partial charge in [0.15, 0.2) is 11.7 Å². The third kappa shape index (κ3) is 6.13. The highest BCUT2D eigenvalue weighted by atomic mass is 127. The summed E-state index contributed by atoms with van der Waals surface area (Å²) >= 11 is 5.93. The predicted molar refractivity (Wildman–Crippen MR) is 123 cm³/mol. The number of carbonyl (C=O) groups is 1. The van der Waals surface area contributed by atoms with Gasteiger partial charge < -0.3 is 19.5 Å². The van der Waals surface area contributed by atoms with Crippen molar-refractivity contribution in [2.75, 3.05) is 39.3 Å². The predicted octanol–water partition coefficient (Wildman–Crippen LogP) is 3.52. The first-order valence-corrected chi connectivity index (χ1v) is 9.65. The van der Waals surface area contributed by atoms with E-state index >= 15 is 0 Å². The number of carbonyl (C=O) groups excluding carboxylic acids is 1. The average molecular weight is 517 g/mol. The number of amides is 1. The molecule has 0 radical (unpaired) electrons. The van der Waals surface area contributed by atoms with Crippen LogP contribution in [0.5, 0.6) is 0 Å². The summed E-state index contributed by atoms with van der Waals surface area (Å²) in [6, 6.07) is 11.3. The van der Waals surface area contributed by atoms with Crippen LogP contribution in [0.15, 0.2) is 52.1 Å². The van der Waals surface area contributed by atoms with Gasteiger partial charge in [-0.1, -0.05) is 23.7 Å². The number of hydrogen-bond donors (Lipinski definition) is 1. The standard InChI is InChI=1S/C20H25ClN4O2.HI/c1-2-22-20(23-10-9-16-5-7-17(21)8-6-16)25-13-11-24(12-14-25)19(26)18-4-3-15-27-18;/h3-8,15H,2,9-14H2,1H3,(H,22,23);1H. The van der Waals surface area contributed by atoms with Crippen molar-refractivity contribution in [3.8, 4) is 0 Å². The van der Waals surface area contributed by atoms with Gasteiger partial charge in [0, 0.05) is 44.3 Å².